The molecule has 122 valence electrons. The van der Waals surface area contributed by atoms with E-state index in [1.165, 1.54) is 0 Å². The molecule has 0 atom stereocenters. The van der Waals surface area contributed by atoms with Gasteiger partial charge in [0.25, 0.3) is 0 Å². The number of rotatable bonds is 4. The molecule has 3 rings (SSSR count). The highest BCUT2D eigenvalue weighted by Gasteiger charge is 2.23. The Hall–Kier alpha value is -0.980. The van der Waals surface area contributed by atoms with Crippen LogP contribution in [-0.4, -0.2) is 57.9 Å². The van der Waals surface area contributed by atoms with Crippen molar-refractivity contribution in [1.29, 1.82) is 0 Å². The SMILES string of the molecule is COc1c(Br)cc2c(c1CCN1CCNCC1)OCCCO2. The van der Waals surface area contributed by atoms with Crippen LogP contribution in [0.3, 0.4) is 0 Å². The van der Waals surface area contributed by atoms with E-state index >= 15 is 0 Å². The molecule has 2 heterocycles. The van der Waals surface area contributed by atoms with Crippen molar-refractivity contribution >= 4 is 15.9 Å². The summed E-state index contributed by atoms with van der Waals surface area (Å²) in [6, 6.07) is 1.95. The molecule has 1 saturated heterocycles. The number of ether oxygens (including phenoxy) is 3. The van der Waals surface area contributed by atoms with E-state index in [9.17, 15) is 0 Å². The van der Waals surface area contributed by atoms with Gasteiger partial charge in [0.2, 0.25) is 0 Å². The molecule has 0 saturated carbocycles. The summed E-state index contributed by atoms with van der Waals surface area (Å²) >= 11 is 3.59. The van der Waals surface area contributed by atoms with Gasteiger partial charge >= 0.3 is 0 Å². The lowest BCUT2D eigenvalue weighted by Crippen LogP contribution is -2.44. The fourth-order valence-corrected chi connectivity index (χ4v) is 3.58. The van der Waals surface area contributed by atoms with Crippen molar-refractivity contribution in [3.8, 4) is 17.2 Å². The van der Waals surface area contributed by atoms with Gasteiger partial charge in [-0.1, -0.05) is 0 Å². The van der Waals surface area contributed by atoms with Crippen molar-refractivity contribution in [3.05, 3.63) is 16.1 Å². The molecular formula is C16H23BrN2O3. The smallest absolute Gasteiger partial charge is 0.168 e. The third kappa shape index (κ3) is 3.50. The van der Waals surface area contributed by atoms with E-state index < -0.39 is 0 Å². The van der Waals surface area contributed by atoms with Gasteiger partial charge in [0, 0.05) is 50.8 Å². The molecule has 0 amide bonds. The summed E-state index contributed by atoms with van der Waals surface area (Å²) in [6.45, 7) is 6.71. The second-order valence-corrected chi connectivity index (χ2v) is 6.44. The minimum atomic E-state index is 0.693. The van der Waals surface area contributed by atoms with E-state index in [0.717, 1.165) is 72.9 Å². The average molecular weight is 371 g/mol. The van der Waals surface area contributed by atoms with Gasteiger partial charge in [-0.2, -0.15) is 0 Å². The quantitative estimate of drug-likeness (QED) is 0.878. The van der Waals surface area contributed by atoms with Crippen LogP contribution >= 0.6 is 15.9 Å². The molecule has 0 spiro atoms. The van der Waals surface area contributed by atoms with Crippen LogP contribution in [0.4, 0.5) is 0 Å². The monoisotopic (exact) mass is 370 g/mol. The van der Waals surface area contributed by atoms with E-state index in [4.69, 9.17) is 14.2 Å². The number of methoxy groups -OCH3 is 1. The van der Waals surface area contributed by atoms with Crippen LogP contribution in [-0.2, 0) is 6.42 Å². The predicted octanol–water partition coefficient (Wildman–Crippen LogP) is 2.07. The molecule has 1 N–H and O–H groups in total. The molecule has 0 unspecified atom stereocenters. The van der Waals surface area contributed by atoms with Gasteiger partial charge in [-0.05, 0) is 22.4 Å². The Balaban J connectivity index is 1.84. The lowest BCUT2D eigenvalue weighted by atomic mass is 10.1. The number of halogens is 1. The topological polar surface area (TPSA) is 43.0 Å². The maximum atomic E-state index is 5.96. The van der Waals surface area contributed by atoms with Gasteiger partial charge in [0.05, 0.1) is 24.8 Å². The highest BCUT2D eigenvalue weighted by Crippen LogP contribution is 2.44. The molecule has 1 aromatic carbocycles. The number of piperazine rings is 1. The Bertz CT molecular complexity index is 519. The highest BCUT2D eigenvalue weighted by atomic mass is 79.9. The molecule has 5 nitrogen and oxygen atoms in total. The summed E-state index contributed by atoms with van der Waals surface area (Å²) in [4.78, 5) is 2.47. The molecule has 0 aliphatic carbocycles. The number of nitrogens with zero attached hydrogens (tertiary/aromatic N) is 1. The summed E-state index contributed by atoms with van der Waals surface area (Å²) in [5, 5.41) is 3.38. The van der Waals surface area contributed by atoms with Gasteiger partial charge in [0.15, 0.2) is 11.5 Å². The third-order valence-corrected chi connectivity index (χ3v) is 4.72. The summed E-state index contributed by atoms with van der Waals surface area (Å²) in [5.41, 5.74) is 1.10. The van der Waals surface area contributed by atoms with Crippen LogP contribution in [0.2, 0.25) is 0 Å². The van der Waals surface area contributed by atoms with Crippen molar-refractivity contribution in [2.45, 2.75) is 12.8 Å². The second kappa shape index (κ2) is 7.53. The van der Waals surface area contributed by atoms with E-state index in [2.05, 4.69) is 26.1 Å². The molecule has 6 heteroatoms. The molecule has 2 aliphatic rings. The van der Waals surface area contributed by atoms with Crippen LogP contribution < -0.4 is 19.5 Å². The Labute approximate surface area is 140 Å². The van der Waals surface area contributed by atoms with Crippen molar-refractivity contribution in [2.75, 3.05) is 53.0 Å². The zero-order chi connectivity index (χ0) is 15.4. The summed E-state index contributed by atoms with van der Waals surface area (Å²) < 4.78 is 18.3. The number of nitrogens with one attached hydrogen (secondary N) is 1. The number of benzene rings is 1. The van der Waals surface area contributed by atoms with Gasteiger partial charge in [-0.3, -0.25) is 0 Å². The second-order valence-electron chi connectivity index (χ2n) is 5.59. The van der Waals surface area contributed by atoms with Crippen LogP contribution in [0, 0.1) is 0 Å². The Kier molecular flexibility index (Phi) is 5.44. The Morgan fingerprint density at radius 1 is 1.27 bits per heavy atom. The van der Waals surface area contributed by atoms with Crippen molar-refractivity contribution in [1.82, 2.24) is 10.2 Å². The first-order valence-corrected chi connectivity index (χ1v) is 8.67. The van der Waals surface area contributed by atoms with Crippen LogP contribution in [0.15, 0.2) is 10.5 Å². The van der Waals surface area contributed by atoms with Crippen molar-refractivity contribution in [2.24, 2.45) is 0 Å². The first kappa shape index (κ1) is 15.9. The number of hydrogen-bond donors (Lipinski definition) is 1. The van der Waals surface area contributed by atoms with Gasteiger partial charge in [-0.25, -0.2) is 0 Å². The Morgan fingerprint density at radius 3 is 2.82 bits per heavy atom. The van der Waals surface area contributed by atoms with Crippen LogP contribution in [0.25, 0.3) is 0 Å². The zero-order valence-corrected chi connectivity index (χ0v) is 14.6. The van der Waals surface area contributed by atoms with E-state index in [-0.39, 0.29) is 0 Å². The lowest BCUT2D eigenvalue weighted by Gasteiger charge is -2.28. The fourth-order valence-electron chi connectivity index (χ4n) is 2.98. The molecule has 0 aromatic heterocycles. The lowest BCUT2D eigenvalue weighted by molar-refractivity contribution is 0.241. The fraction of sp³-hybridized carbons (Fsp3) is 0.625. The minimum absolute atomic E-state index is 0.693. The molecule has 1 aromatic rings. The van der Waals surface area contributed by atoms with Crippen molar-refractivity contribution in [3.63, 3.8) is 0 Å². The van der Waals surface area contributed by atoms with E-state index in [1.807, 2.05) is 6.07 Å². The summed E-state index contributed by atoms with van der Waals surface area (Å²) in [5.74, 6) is 2.53. The third-order valence-electron chi connectivity index (χ3n) is 4.13. The number of fused-ring (bicyclic) bond motifs is 1. The van der Waals surface area contributed by atoms with E-state index in [1.54, 1.807) is 7.11 Å². The normalized spacial score (nSPS) is 18.8. The van der Waals surface area contributed by atoms with Crippen molar-refractivity contribution < 1.29 is 14.2 Å². The highest BCUT2D eigenvalue weighted by molar-refractivity contribution is 9.10. The minimum Gasteiger partial charge on any atom is -0.495 e. The maximum absolute atomic E-state index is 5.96. The first-order chi connectivity index (χ1) is 10.8. The maximum Gasteiger partial charge on any atom is 0.168 e. The predicted molar refractivity (Wildman–Crippen MR) is 89.3 cm³/mol. The Morgan fingerprint density at radius 2 is 2.05 bits per heavy atom. The van der Waals surface area contributed by atoms with Gasteiger partial charge in [0.1, 0.15) is 5.75 Å². The van der Waals surface area contributed by atoms with Gasteiger partial charge < -0.3 is 24.4 Å². The zero-order valence-electron chi connectivity index (χ0n) is 13.0. The summed E-state index contributed by atoms with van der Waals surface area (Å²) in [7, 11) is 1.71. The molecule has 22 heavy (non-hydrogen) atoms. The average Bonchev–Trinajstić information content (AvgIpc) is 2.78. The largest absolute Gasteiger partial charge is 0.495 e. The molecule has 2 aliphatic heterocycles. The first-order valence-electron chi connectivity index (χ1n) is 7.87. The molecular weight excluding hydrogens is 348 g/mol. The molecule has 0 bridgehead atoms. The van der Waals surface area contributed by atoms with Crippen LogP contribution in [0.1, 0.15) is 12.0 Å². The molecule has 1 fully saturated rings. The standard InChI is InChI=1S/C16H23BrN2O3/c1-20-15-12(3-6-19-7-4-18-5-8-19)16-14(11-13(15)17)21-9-2-10-22-16/h11,18H,2-10H2,1H3. The van der Waals surface area contributed by atoms with Gasteiger partial charge in [-0.15, -0.1) is 0 Å². The van der Waals surface area contributed by atoms with Crippen LogP contribution in [0.5, 0.6) is 17.2 Å². The number of hydrogen-bond acceptors (Lipinski definition) is 5. The van der Waals surface area contributed by atoms with E-state index in [0.29, 0.717) is 13.2 Å². The summed E-state index contributed by atoms with van der Waals surface area (Å²) in [6.07, 6.45) is 1.81. The molecule has 0 radical (unpaired) electrons.